The molecule has 0 radical (unpaired) electrons. The van der Waals surface area contributed by atoms with Gasteiger partial charge in [0.05, 0.1) is 6.61 Å². The van der Waals surface area contributed by atoms with Crippen molar-refractivity contribution in [1.82, 2.24) is 0 Å². The van der Waals surface area contributed by atoms with Gasteiger partial charge in [0.1, 0.15) is 0 Å². The minimum Gasteiger partial charge on any atom is -0.379 e. The van der Waals surface area contributed by atoms with Crippen molar-refractivity contribution in [3.8, 4) is 0 Å². The lowest BCUT2D eigenvalue weighted by Crippen LogP contribution is -2.23. The van der Waals surface area contributed by atoms with Crippen molar-refractivity contribution in [3.05, 3.63) is 28.8 Å². The standard InChI is InChI=1S/C17H27ClN2O/c1-3-15(19)10-14-6-7-16(11-17(14)18)20(2)8-9-21-12-13-4-5-13/h6-7,11,13,15H,3-5,8-10,12,19H2,1-2H3. The van der Waals surface area contributed by atoms with Gasteiger partial charge in [0, 0.05) is 37.0 Å². The fourth-order valence-electron chi connectivity index (χ4n) is 2.23. The molecule has 1 unspecified atom stereocenters. The molecule has 0 aliphatic heterocycles. The van der Waals surface area contributed by atoms with Crippen molar-refractivity contribution in [3.63, 3.8) is 0 Å². The van der Waals surface area contributed by atoms with Crippen LogP contribution in [0.15, 0.2) is 18.2 Å². The summed E-state index contributed by atoms with van der Waals surface area (Å²) in [6.07, 6.45) is 4.49. The maximum Gasteiger partial charge on any atom is 0.0641 e. The number of nitrogens with zero attached hydrogens (tertiary/aromatic N) is 1. The molecule has 4 heteroatoms. The van der Waals surface area contributed by atoms with E-state index in [2.05, 4.69) is 31.0 Å². The summed E-state index contributed by atoms with van der Waals surface area (Å²) in [6, 6.07) is 6.42. The van der Waals surface area contributed by atoms with Crippen molar-refractivity contribution < 1.29 is 4.74 Å². The van der Waals surface area contributed by atoms with Gasteiger partial charge in [-0.2, -0.15) is 0 Å². The molecule has 0 amide bonds. The summed E-state index contributed by atoms with van der Waals surface area (Å²) in [4.78, 5) is 2.18. The van der Waals surface area contributed by atoms with Gasteiger partial charge in [-0.1, -0.05) is 24.6 Å². The summed E-state index contributed by atoms with van der Waals surface area (Å²) in [5.41, 5.74) is 8.26. The lowest BCUT2D eigenvalue weighted by atomic mass is 10.0. The van der Waals surface area contributed by atoms with Gasteiger partial charge in [0.15, 0.2) is 0 Å². The average molecular weight is 311 g/mol. The summed E-state index contributed by atoms with van der Waals surface area (Å²) < 4.78 is 5.68. The molecule has 0 heterocycles. The Kier molecular flexibility index (Phi) is 6.34. The Morgan fingerprint density at radius 1 is 1.43 bits per heavy atom. The van der Waals surface area contributed by atoms with Gasteiger partial charge in [0.2, 0.25) is 0 Å². The van der Waals surface area contributed by atoms with Crippen LogP contribution < -0.4 is 10.6 Å². The SMILES string of the molecule is CCC(N)Cc1ccc(N(C)CCOCC2CC2)cc1Cl. The summed E-state index contributed by atoms with van der Waals surface area (Å²) >= 11 is 6.37. The minimum absolute atomic E-state index is 0.182. The van der Waals surface area contributed by atoms with E-state index < -0.39 is 0 Å². The highest BCUT2D eigenvalue weighted by molar-refractivity contribution is 6.31. The highest BCUT2D eigenvalue weighted by atomic mass is 35.5. The second kappa shape index (κ2) is 8.02. The number of benzene rings is 1. The highest BCUT2D eigenvalue weighted by Gasteiger charge is 2.21. The van der Waals surface area contributed by atoms with E-state index in [1.807, 2.05) is 6.07 Å². The molecule has 0 spiro atoms. The highest BCUT2D eigenvalue weighted by Crippen LogP contribution is 2.28. The molecular weight excluding hydrogens is 284 g/mol. The monoisotopic (exact) mass is 310 g/mol. The molecule has 1 aliphatic carbocycles. The van der Waals surface area contributed by atoms with Crippen LogP contribution in [-0.2, 0) is 11.2 Å². The summed E-state index contributed by atoms with van der Waals surface area (Å²) in [5, 5.41) is 0.808. The zero-order valence-electron chi connectivity index (χ0n) is 13.1. The molecule has 2 N–H and O–H groups in total. The second-order valence-corrected chi connectivity index (χ2v) is 6.50. The number of ether oxygens (including phenoxy) is 1. The quantitative estimate of drug-likeness (QED) is 0.710. The van der Waals surface area contributed by atoms with Gasteiger partial charge in [0.25, 0.3) is 0 Å². The third kappa shape index (κ3) is 5.50. The second-order valence-electron chi connectivity index (χ2n) is 6.09. The molecule has 3 nitrogen and oxygen atoms in total. The first kappa shape index (κ1) is 16.6. The lowest BCUT2D eigenvalue weighted by Gasteiger charge is -2.20. The van der Waals surface area contributed by atoms with E-state index in [-0.39, 0.29) is 6.04 Å². The van der Waals surface area contributed by atoms with E-state index in [4.69, 9.17) is 22.1 Å². The summed E-state index contributed by atoms with van der Waals surface area (Å²) in [6.45, 7) is 4.68. The normalized spacial score (nSPS) is 16.0. The van der Waals surface area contributed by atoms with Crippen molar-refractivity contribution >= 4 is 17.3 Å². The number of nitrogens with two attached hydrogens (primary N) is 1. The van der Waals surface area contributed by atoms with Crippen LogP contribution in [0.5, 0.6) is 0 Å². The molecule has 1 aliphatic rings. The van der Waals surface area contributed by atoms with Crippen molar-refractivity contribution in [1.29, 1.82) is 0 Å². The molecule has 1 aromatic rings. The van der Waals surface area contributed by atoms with Crippen LogP contribution in [0.1, 0.15) is 31.7 Å². The maximum absolute atomic E-state index is 6.37. The van der Waals surface area contributed by atoms with Gasteiger partial charge in [-0.3, -0.25) is 0 Å². The Labute approximate surface area is 133 Å². The van der Waals surface area contributed by atoms with Crippen LogP contribution in [0.2, 0.25) is 5.02 Å². The van der Waals surface area contributed by atoms with E-state index in [1.54, 1.807) is 0 Å². The van der Waals surface area contributed by atoms with Crippen LogP contribution in [0.25, 0.3) is 0 Å². The fraction of sp³-hybridized carbons (Fsp3) is 0.647. The molecule has 0 aromatic heterocycles. The third-order valence-corrected chi connectivity index (χ3v) is 4.46. The number of anilines is 1. The molecule has 21 heavy (non-hydrogen) atoms. The zero-order chi connectivity index (χ0) is 15.2. The van der Waals surface area contributed by atoms with Gasteiger partial charge in [-0.05, 0) is 49.3 Å². The van der Waals surface area contributed by atoms with Crippen molar-refractivity contribution in [2.75, 3.05) is 31.7 Å². The molecule has 2 rings (SSSR count). The average Bonchev–Trinajstić information content (AvgIpc) is 3.29. The topological polar surface area (TPSA) is 38.5 Å². The largest absolute Gasteiger partial charge is 0.379 e. The molecule has 118 valence electrons. The van der Waals surface area contributed by atoms with E-state index in [9.17, 15) is 0 Å². The van der Waals surface area contributed by atoms with Crippen LogP contribution in [0.4, 0.5) is 5.69 Å². The minimum atomic E-state index is 0.182. The number of rotatable bonds is 9. The first-order valence-corrected chi connectivity index (χ1v) is 8.30. The molecule has 0 bridgehead atoms. The van der Waals surface area contributed by atoms with E-state index in [0.29, 0.717) is 0 Å². The smallest absolute Gasteiger partial charge is 0.0641 e. The molecular formula is C17H27ClN2O. The Bertz CT molecular complexity index is 448. The van der Waals surface area contributed by atoms with Gasteiger partial charge in [-0.25, -0.2) is 0 Å². The number of hydrogen-bond donors (Lipinski definition) is 1. The van der Waals surface area contributed by atoms with Gasteiger partial charge >= 0.3 is 0 Å². The molecule has 1 atom stereocenters. The van der Waals surface area contributed by atoms with Gasteiger partial charge < -0.3 is 15.4 Å². The molecule has 1 fully saturated rings. The van der Waals surface area contributed by atoms with Crippen LogP contribution in [-0.4, -0.2) is 32.8 Å². The Morgan fingerprint density at radius 3 is 2.81 bits per heavy atom. The van der Waals surface area contributed by atoms with Crippen molar-refractivity contribution in [2.45, 2.75) is 38.6 Å². The lowest BCUT2D eigenvalue weighted by molar-refractivity contribution is 0.131. The Balaban J connectivity index is 1.82. The van der Waals surface area contributed by atoms with E-state index in [0.717, 1.165) is 54.8 Å². The fourth-order valence-corrected chi connectivity index (χ4v) is 2.48. The first-order valence-electron chi connectivity index (χ1n) is 7.93. The third-order valence-electron chi connectivity index (χ3n) is 4.11. The summed E-state index contributed by atoms with van der Waals surface area (Å²) in [5.74, 6) is 0.826. The van der Waals surface area contributed by atoms with Crippen LogP contribution in [0.3, 0.4) is 0 Å². The first-order chi connectivity index (χ1) is 10.1. The molecule has 1 saturated carbocycles. The number of likely N-dealkylation sites (N-methyl/N-ethyl adjacent to an activating group) is 1. The molecule has 0 saturated heterocycles. The van der Waals surface area contributed by atoms with Crippen LogP contribution >= 0.6 is 11.6 Å². The van der Waals surface area contributed by atoms with E-state index in [1.165, 1.54) is 12.8 Å². The predicted molar refractivity (Wildman–Crippen MR) is 90.2 cm³/mol. The maximum atomic E-state index is 6.37. The van der Waals surface area contributed by atoms with Crippen molar-refractivity contribution in [2.24, 2.45) is 11.7 Å². The molecule has 1 aromatic carbocycles. The Morgan fingerprint density at radius 2 is 2.19 bits per heavy atom. The van der Waals surface area contributed by atoms with Crippen LogP contribution in [0, 0.1) is 5.92 Å². The Hall–Kier alpha value is -0.770. The zero-order valence-corrected chi connectivity index (χ0v) is 13.9. The number of halogens is 1. The van der Waals surface area contributed by atoms with Gasteiger partial charge in [-0.15, -0.1) is 0 Å². The summed E-state index contributed by atoms with van der Waals surface area (Å²) in [7, 11) is 2.07. The predicted octanol–water partition coefficient (Wildman–Crippen LogP) is 3.48. The van der Waals surface area contributed by atoms with E-state index >= 15 is 0 Å². The number of hydrogen-bond acceptors (Lipinski definition) is 3.